The van der Waals surface area contributed by atoms with E-state index in [4.69, 9.17) is 5.11 Å². The van der Waals surface area contributed by atoms with Crippen LogP contribution in [0.25, 0.3) is 0 Å². The Balaban J connectivity index is 0. The first-order chi connectivity index (χ1) is 6.77. The Bertz CT molecular complexity index is 138. The zero-order valence-corrected chi connectivity index (χ0v) is 9.43. The van der Waals surface area contributed by atoms with Gasteiger partial charge >= 0.3 is 35.5 Å². The van der Waals surface area contributed by atoms with Crippen LogP contribution < -0.4 is 0 Å². The summed E-state index contributed by atoms with van der Waals surface area (Å²) >= 11 is 0. The van der Waals surface area contributed by atoms with Crippen LogP contribution in [-0.2, 0) is 4.79 Å². The first-order valence-electron chi connectivity index (χ1n) is 5.99. The van der Waals surface area contributed by atoms with Crippen molar-refractivity contribution in [3.05, 3.63) is 0 Å². The monoisotopic (exact) mass is 224 g/mol. The van der Waals surface area contributed by atoms with Crippen molar-refractivity contribution in [1.82, 2.24) is 0 Å². The number of hydrogen-bond acceptors (Lipinski definition) is 1. The normalized spacial score (nSPS) is 9.67. The predicted octanol–water partition coefficient (Wildman–Crippen LogP) is 3.34. The second kappa shape index (κ2) is 14.5. The fourth-order valence-corrected chi connectivity index (χ4v) is 1.59. The molecule has 0 unspecified atom stereocenters. The van der Waals surface area contributed by atoms with E-state index in [-0.39, 0.29) is 29.6 Å². The second-order valence-corrected chi connectivity index (χ2v) is 3.97. The van der Waals surface area contributed by atoms with E-state index in [0.29, 0.717) is 6.42 Å². The van der Waals surface area contributed by atoms with Crippen molar-refractivity contribution in [3.63, 3.8) is 0 Å². The van der Waals surface area contributed by atoms with Crippen LogP contribution in [0.2, 0.25) is 0 Å². The van der Waals surface area contributed by atoms with Crippen LogP contribution in [0.15, 0.2) is 0 Å². The van der Waals surface area contributed by atoms with E-state index in [1.165, 1.54) is 44.9 Å². The standard InChI is InChI=1S/C12H24O2.Na.H/c1-2-3-4-5-6-7-8-9-10-11-12(13)14;;/h2-11H2,1H3,(H,13,14);;. The van der Waals surface area contributed by atoms with E-state index in [2.05, 4.69) is 6.92 Å². The molecular formula is C12H25NaO2. The van der Waals surface area contributed by atoms with Crippen LogP contribution in [0.3, 0.4) is 0 Å². The Morgan fingerprint density at radius 1 is 0.867 bits per heavy atom. The molecule has 0 aliphatic heterocycles. The van der Waals surface area contributed by atoms with Crippen molar-refractivity contribution < 1.29 is 9.90 Å². The minimum absolute atomic E-state index is 0. The number of aliphatic carboxylic acids is 1. The predicted molar refractivity (Wildman–Crippen MR) is 66.6 cm³/mol. The SMILES string of the molecule is CCCCCCCCCCCC(=O)O.[NaH]. The molecule has 0 amide bonds. The molecule has 0 aromatic rings. The Labute approximate surface area is 116 Å². The summed E-state index contributed by atoms with van der Waals surface area (Å²) in [6.45, 7) is 2.23. The van der Waals surface area contributed by atoms with Gasteiger partial charge in [0, 0.05) is 6.42 Å². The van der Waals surface area contributed by atoms with Crippen molar-refractivity contribution in [2.45, 2.75) is 71.1 Å². The summed E-state index contributed by atoms with van der Waals surface area (Å²) in [5, 5.41) is 8.41. The summed E-state index contributed by atoms with van der Waals surface area (Å²) in [5.74, 6) is -0.659. The van der Waals surface area contributed by atoms with Crippen LogP contribution in [0, 0.1) is 0 Å². The van der Waals surface area contributed by atoms with Gasteiger partial charge in [-0.3, -0.25) is 4.79 Å². The fraction of sp³-hybridized carbons (Fsp3) is 0.917. The van der Waals surface area contributed by atoms with E-state index >= 15 is 0 Å². The third kappa shape index (κ3) is 17.1. The van der Waals surface area contributed by atoms with Crippen molar-refractivity contribution in [2.24, 2.45) is 0 Å². The van der Waals surface area contributed by atoms with Crippen molar-refractivity contribution in [1.29, 1.82) is 0 Å². The summed E-state index contributed by atoms with van der Waals surface area (Å²) in [6.07, 6.45) is 11.5. The van der Waals surface area contributed by atoms with Crippen LogP contribution in [0.1, 0.15) is 71.1 Å². The van der Waals surface area contributed by atoms with Crippen LogP contribution in [0.4, 0.5) is 0 Å². The van der Waals surface area contributed by atoms with Gasteiger partial charge in [0.25, 0.3) is 0 Å². The summed E-state index contributed by atoms with van der Waals surface area (Å²) in [7, 11) is 0. The van der Waals surface area contributed by atoms with Gasteiger partial charge in [0.2, 0.25) is 0 Å². The first kappa shape index (κ1) is 17.9. The first-order valence-corrected chi connectivity index (χ1v) is 5.99. The number of hydrogen-bond donors (Lipinski definition) is 1. The van der Waals surface area contributed by atoms with Gasteiger partial charge in [0.1, 0.15) is 0 Å². The second-order valence-electron chi connectivity index (χ2n) is 3.97. The fourth-order valence-electron chi connectivity index (χ4n) is 1.59. The van der Waals surface area contributed by atoms with Gasteiger partial charge in [-0.2, -0.15) is 0 Å². The molecule has 0 bridgehead atoms. The molecule has 86 valence electrons. The van der Waals surface area contributed by atoms with Crippen molar-refractivity contribution in [3.8, 4) is 0 Å². The molecule has 0 saturated carbocycles. The molecule has 0 rings (SSSR count). The molecule has 0 fully saturated rings. The number of carbonyl (C=O) groups is 1. The molecule has 0 aromatic heterocycles. The average Bonchev–Trinajstić information content (AvgIpc) is 2.15. The average molecular weight is 224 g/mol. The molecular weight excluding hydrogens is 199 g/mol. The minimum atomic E-state index is -0.659. The van der Waals surface area contributed by atoms with Crippen LogP contribution >= 0.6 is 0 Å². The molecule has 2 nitrogen and oxygen atoms in total. The van der Waals surface area contributed by atoms with Gasteiger partial charge < -0.3 is 5.11 Å². The maximum absolute atomic E-state index is 10.2. The third-order valence-corrected chi connectivity index (χ3v) is 2.49. The van der Waals surface area contributed by atoms with Crippen LogP contribution in [-0.4, -0.2) is 40.6 Å². The maximum atomic E-state index is 10.2. The van der Waals surface area contributed by atoms with Crippen LogP contribution in [0.5, 0.6) is 0 Å². The number of rotatable bonds is 10. The zero-order chi connectivity index (χ0) is 10.6. The van der Waals surface area contributed by atoms with Gasteiger partial charge in [-0.25, -0.2) is 0 Å². The summed E-state index contributed by atoms with van der Waals surface area (Å²) in [4.78, 5) is 10.2. The summed E-state index contributed by atoms with van der Waals surface area (Å²) < 4.78 is 0. The number of unbranched alkanes of at least 4 members (excludes halogenated alkanes) is 8. The Morgan fingerprint density at radius 2 is 1.27 bits per heavy atom. The molecule has 0 aliphatic rings. The molecule has 0 aliphatic carbocycles. The molecule has 15 heavy (non-hydrogen) atoms. The molecule has 0 saturated heterocycles. The molecule has 3 heteroatoms. The summed E-state index contributed by atoms with van der Waals surface area (Å²) in [5.41, 5.74) is 0. The zero-order valence-electron chi connectivity index (χ0n) is 9.43. The van der Waals surface area contributed by atoms with E-state index in [9.17, 15) is 4.79 Å². The number of carboxylic acids is 1. The molecule has 0 aromatic carbocycles. The molecule has 1 N–H and O–H groups in total. The third-order valence-electron chi connectivity index (χ3n) is 2.49. The van der Waals surface area contributed by atoms with Gasteiger partial charge in [-0.05, 0) is 6.42 Å². The topological polar surface area (TPSA) is 37.3 Å². The quantitative estimate of drug-likeness (QED) is 0.456. The molecule has 0 radical (unpaired) electrons. The van der Waals surface area contributed by atoms with Gasteiger partial charge in [-0.1, -0.05) is 58.3 Å². The van der Waals surface area contributed by atoms with E-state index < -0.39 is 5.97 Å². The van der Waals surface area contributed by atoms with E-state index in [0.717, 1.165) is 12.8 Å². The Kier molecular flexibility index (Phi) is 17.2. The molecule has 0 atom stereocenters. The molecule has 0 heterocycles. The van der Waals surface area contributed by atoms with Gasteiger partial charge in [0.05, 0.1) is 0 Å². The van der Waals surface area contributed by atoms with Gasteiger partial charge in [-0.15, -0.1) is 0 Å². The summed E-state index contributed by atoms with van der Waals surface area (Å²) in [6, 6.07) is 0. The Morgan fingerprint density at radius 3 is 1.67 bits per heavy atom. The van der Waals surface area contributed by atoms with E-state index in [1.54, 1.807) is 0 Å². The number of carboxylic acid groups (broad SMARTS) is 1. The molecule has 0 spiro atoms. The Hall–Kier alpha value is 0.470. The van der Waals surface area contributed by atoms with Crippen molar-refractivity contribution >= 4 is 35.5 Å². The van der Waals surface area contributed by atoms with E-state index in [1.807, 2.05) is 0 Å². The van der Waals surface area contributed by atoms with Crippen molar-refractivity contribution in [2.75, 3.05) is 0 Å². The van der Waals surface area contributed by atoms with Gasteiger partial charge in [0.15, 0.2) is 0 Å².